The van der Waals surface area contributed by atoms with E-state index in [0.717, 1.165) is 17.8 Å². The Morgan fingerprint density at radius 1 is 1.11 bits per heavy atom. The maximum absolute atomic E-state index is 6.12. The predicted octanol–water partition coefficient (Wildman–Crippen LogP) is 1.40. The Kier molecular flexibility index (Phi) is 3.89. The Morgan fingerprint density at radius 3 is 2.61 bits per heavy atom. The molecule has 0 aromatic carbocycles. The minimum absolute atomic E-state index is 0.198. The van der Waals surface area contributed by atoms with E-state index in [0.29, 0.717) is 32.0 Å². The molecule has 4 heteroatoms. The minimum atomic E-state index is -0.198. The van der Waals surface area contributed by atoms with Crippen molar-refractivity contribution in [2.75, 3.05) is 26.4 Å². The summed E-state index contributed by atoms with van der Waals surface area (Å²) in [7, 11) is 0. The van der Waals surface area contributed by atoms with Gasteiger partial charge in [0.1, 0.15) is 0 Å². The predicted molar refractivity (Wildman–Crippen MR) is 68.3 cm³/mol. The summed E-state index contributed by atoms with van der Waals surface area (Å²) in [6, 6.07) is 0.595. The lowest BCUT2D eigenvalue weighted by molar-refractivity contribution is -0.181. The van der Waals surface area contributed by atoms with Crippen molar-refractivity contribution in [1.29, 1.82) is 0 Å². The van der Waals surface area contributed by atoms with Crippen molar-refractivity contribution in [1.82, 2.24) is 5.32 Å². The van der Waals surface area contributed by atoms with Crippen LogP contribution >= 0.6 is 0 Å². The van der Waals surface area contributed by atoms with Gasteiger partial charge in [-0.3, -0.25) is 0 Å². The van der Waals surface area contributed by atoms with E-state index in [-0.39, 0.29) is 6.29 Å². The maximum atomic E-state index is 6.12. The summed E-state index contributed by atoms with van der Waals surface area (Å²) in [4.78, 5) is 0. The highest BCUT2D eigenvalue weighted by molar-refractivity contribution is 5.10. The van der Waals surface area contributed by atoms with Crippen LogP contribution in [0, 0.1) is 17.8 Å². The number of fused-ring (bicyclic) bond motifs is 1. The molecule has 3 fully saturated rings. The second kappa shape index (κ2) is 5.45. The lowest BCUT2D eigenvalue weighted by Gasteiger charge is -2.29. The van der Waals surface area contributed by atoms with Crippen LogP contribution in [0.2, 0.25) is 0 Å². The average molecular weight is 255 g/mol. The van der Waals surface area contributed by atoms with Crippen molar-refractivity contribution in [3.05, 3.63) is 0 Å². The number of ether oxygens (including phenoxy) is 3. The summed E-state index contributed by atoms with van der Waals surface area (Å²) in [5.74, 6) is 2.57. The molecule has 2 bridgehead atoms. The maximum Gasteiger partial charge on any atom is 0.180 e. The van der Waals surface area contributed by atoms with Gasteiger partial charge in [-0.1, -0.05) is 0 Å². The molecule has 3 aliphatic rings. The highest BCUT2D eigenvalue weighted by Crippen LogP contribution is 2.52. The number of nitrogens with one attached hydrogen (secondary N) is 1. The second-order valence-electron chi connectivity index (χ2n) is 5.73. The monoisotopic (exact) mass is 255 g/mol. The zero-order valence-corrected chi connectivity index (χ0v) is 11.4. The van der Waals surface area contributed by atoms with Crippen LogP contribution in [-0.2, 0) is 14.2 Å². The van der Waals surface area contributed by atoms with Crippen molar-refractivity contribution >= 4 is 0 Å². The van der Waals surface area contributed by atoms with Gasteiger partial charge in [-0.15, -0.1) is 0 Å². The van der Waals surface area contributed by atoms with E-state index < -0.39 is 0 Å². The zero-order chi connectivity index (χ0) is 12.5. The van der Waals surface area contributed by atoms with Gasteiger partial charge in [0.15, 0.2) is 6.29 Å². The van der Waals surface area contributed by atoms with Crippen molar-refractivity contribution in [3.8, 4) is 0 Å². The van der Waals surface area contributed by atoms with Gasteiger partial charge in [0.2, 0.25) is 0 Å². The van der Waals surface area contributed by atoms with E-state index in [1.54, 1.807) is 0 Å². The van der Waals surface area contributed by atoms with Gasteiger partial charge in [-0.05, 0) is 51.0 Å². The van der Waals surface area contributed by atoms with Crippen LogP contribution in [0.25, 0.3) is 0 Å². The van der Waals surface area contributed by atoms with Crippen LogP contribution in [0.5, 0.6) is 0 Å². The fraction of sp³-hybridized carbons (Fsp3) is 1.00. The minimum Gasteiger partial charge on any atom is -0.371 e. The molecule has 0 spiro atoms. The number of hydrogen-bond acceptors (Lipinski definition) is 4. The van der Waals surface area contributed by atoms with E-state index in [1.807, 2.05) is 13.8 Å². The molecule has 18 heavy (non-hydrogen) atoms. The van der Waals surface area contributed by atoms with Crippen LogP contribution in [0.15, 0.2) is 0 Å². The zero-order valence-electron chi connectivity index (χ0n) is 11.4. The van der Waals surface area contributed by atoms with Crippen molar-refractivity contribution in [2.45, 2.75) is 45.1 Å². The molecule has 2 saturated carbocycles. The molecule has 1 N–H and O–H groups in total. The molecule has 0 aromatic rings. The molecule has 3 rings (SSSR count). The van der Waals surface area contributed by atoms with Crippen molar-refractivity contribution in [2.24, 2.45) is 17.8 Å². The topological polar surface area (TPSA) is 39.7 Å². The van der Waals surface area contributed by atoms with Gasteiger partial charge in [-0.25, -0.2) is 0 Å². The van der Waals surface area contributed by atoms with Gasteiger partial charge in [-0.2, -0.15) is 0 Å². The molecule has 104 valence electrons. The van der Waals surface area contributed by atoms with Crippen LogP contribution in [0.3, 0.4) is 0 Å². The molecule has 2 aliphatic carbocycles. The molecule has 0 amide bonds. The third-order valence-electron chi connectivity index (χ3n) is 4.81. The average Bonchev–Trinajstić information content (AvgIpc) is 2.96. The molecular formula is C14H25NO3. The first-order valence-electron chi connectivity index (χ1n) is 7.41. The van der Waals surface area contributed by atoms with Crippen LogP contribution < -0.4 is 5.32 Å². The first-order chi connectivity index (χ1) is 8.83. The number of rotatable bonds is 7. The molecule has 4 nitrogen and oxygen atoms in total. The first kappa shape index (κ1) is 12.9. The molecule has 5 unspecified atom stereocenters. The standard InChI is InChI=1S/C14H25NO3/c1-3-16-12(17-4-2)8-18-14-9-5-10-7-15-13(14)11(10)6-9/h9-15H,3-8H2,1-2H3. The number of hydrogen-bond donors (Lipinski definition) is 1. The molecule has 1 aliphatic heterocycles. The Balaban J connectivity index is 1.51. The second-order valence-corrected chi connectivity index (χ2v) is 5.73. The SMILES string of the molecule is CCOC(COC1C2CC3CNC1C3C2)OCC. The van der Waals surface area contributed by atoms with Crippen LogP contribution in [0.4, 0.5) is 0 Å². The van der Waals surface area contributed by atoms with E-state index in [1.165, 1.54) is 19.4 Å². The molecule has 1 heterocycles. The molecule has 0 aromatic heterocycles. The summed E-state index contributed by atoms with van der Waals surface area (Å²) in [5, 5.41) is 3.64. The third-order valence-corrected chi connectivity index (χ3v) is 4.81. The Bertz CT molecular complexity index is 278. The highest BCUT2D eigenvalue weighted by Gasteiger charge is 2.56. The van der Waals surface area contributed by atoms with Crippen molar-refractivity contribution in [3.63, 3.8) is 0 Å². The molecule has 0 radical (unpaired) electrons. The fourth-order valence-electron chi connectivity index (χ4n) is 4.18. The van der Waals surface area contributed by atoms with Crippen LogP contribution in [0.1, 0.15) is 26.7 Å². The van der Waals surface area contributed by atoms with Crippen molar-refractivity contribution < 1.29 is 14.2 Å². The summed E-state index contributed by atoms with van der Waals surface area (Å²) in [5.41, 5.74) is 0. The fourth-order valence-corrected chi connectivity index (χ4v) is 4.18. The highest BCUT2D eigenvalue weighted by atomic mass is 16.7. The summed E-state index contributed by atoms with van der Waals surface area (Å²) in [6.45, 7) is 7.10. The summed E-state index contributed by atoms with van der Waals surface area (Å²) >= 11 is 0. The van der Waals surface area contributed by atoms with Gasteiger partial charge in [0, 0.05) is 19.3 Å². The van der Waals surface area contributed by atoms with Gasteiger partial charge < -0.3 is 19.5 Å². The van der Waals surface area contributed by atoms with Gasteiger partial charge in [0.05, 0.1) is 12.7 Å². The van der Waals surface area contributed by atoms with Crippen LogP contribution in [-0.4, -0.2) is 44.8 Å². The lowest BCUT2D eigenvalue weighted by Crippen LogP contribution is -2.41. The molecule has 5 atom stereocenters. The summed E-state index contributed by atoms with van der Waals surface area (Å²) in [6.07, 6.45) is 2.90. The smallest absolute Gasteiger partial charge is 0.180 e. The van der Waals surface area contributed by atoms with Gasteiger partial charge in [0.25, 0.3) is 0 Å². The van der Waals surface area contributed by atoms with E-state index >= 15 is 0 Å². The quantitative estimate of drug-likeness (QED) is 0.698. The largest absolute Gasteiger partial charge is 0.371 e. The first-order valence-corrected chi connectivity index (χ1v) is 7.41. The normalized spacial score (nSPS) is 41.2. The van der Waals surface area contributed by atoms with E-state index in [4.69, 9.17) is 14.2 Å². The molecular weight excluding hydrogens is 230 g/mol. The molecule has 1 saturated heterocycles. The Hall–Kier alpha value is -0.160. The lowest BCUT2D eigenvalue weighted by atomic mass is 9.88. The van der Waals surface area contributed by atoms with E-state index in [9.17, 15) is 0 Å². The van der Waals surface area contributed by atoms with Gasteiger partial charge >= 0.3 is 0 Å². The van der Waals surface area contributed by atoms with E-state index in [2.05, 4.69) is 5.32 Å². The Morgan fingerprint density at radius 2 is 1.89 bits per heavy atom. The Labute approximate surface area is 109 Å². The third kappa shape index (κ3) is 2.20. The summed E-state index contributed by atoms with van der Waals surface area (Å²) < 4.78 is 17.2.